The number of nitrogens with zero attached hydrogens (tertiary/aromatic N) is 1. The summed E-state index contributed by atoms with van der Waals surface area (Å²) >= 11 is 6.21. The van der Waals surface area contributed by atoms with E-state index < -0.39 is 0 Å². The van der Waals surface area contributed by atoms with Gasteiger partial charge in [-0.15, -0.1) is 9.24 Å². The highest BCUT2D eigenvalue weighted by Crippen LogP contribution is 2.37. The van der Waals surface area contributed by atoms with Crippen LogP contribution in [0, 0.1) is 0 Å². The third-order valence-corrected chi connectivity index (χ3v) is 6.99. The monoisotopic (exact) mass is 485 g/mol. The predicted molar refractivity (Wildman–Crippen MR) is 137 cm³/mol. The fraction of sp³-hybridized carbons (Fsp3) is 0.360. The molecule has 2 bridgehead atoms. The number of hydrogen-bond acceptors (Lipinski definition) is 4. The van der Waals surface area contributed by atoms with Gasteiger partial charge in [-0.2, -0.15) is 0 Å². The van der Waals surface area contributed by atoms with Gasteiger partial charge in [0.05, 0.1) is 12.1 Å². The molecule has 2 saturated heterocycles. The number of anilines is 2. The average molecular weight is 486 g/mol. The number of carbonyl (C=O) groups excluding carboxylic acids is 2. The van der Waals surface area contributed by atoms with Gasteiger partial charge in [0.25, 0.3) is 0 Å². The fourth-order valence-corrected chi connectivity index (χ4v) is 5.31. The van der Waals surface area contributed by atoms with Gasteiger partial charge in [-0.05, 0) is 61.3 Å². The summed E-state index contributed by atoms with van der Waals surface area (Å²) in [6, 6.07) is 12.5. The van der Waals surface area contributed by atoms with Crippen LogP contribution in [0.1, 0.15) is 38.2 Å². The zero-order valence-corrected chi connectivity index (χ0v) is 20.7. The number of halogens is 1. The van der Waals surface area contributed by atoms with Gasteiger partial charge in [0.2, 0.25) is 11.8 Å². The molecule has 2 amide bonds. The number of ether oxygens (including phenoxy) is 1. The highest BCUT2D eigenvalue weighted by atomic mass is 35.5. The molecule has 4 rings (SSSR count). The van der Waals surface area contributed by atoms with Crippen LogP contribution in [0.15, 0.2) is 42.5 Å². The van der Waals surface area contributed by atoms with E-state index in [1.165, 1.54) is 14.0 Å². The van der Waals surface area contributed by atoms with Gasteiger partial charge in [-0.1, -0.05) is 23.7 Å². The highest BCUT2D eigenvalue weighted by molar-refractivity contribution is 7.27. The number of rotatable bonds is 6. The first-order chi connectivity index (χ1) is 15.8. The van der Waals surface area contributed by atoms with Crippen molar-refractivity contribution in [2.75, 3.05) is 17.7 Å². The molecule has 2 aromatic rings. The van der Waals surface area contributed by atoms with Crippen molar-refractivity contribution in [3.05, 3.63) is 53.1 Å². The van der Waals surface area contributed by atoms with Crippen LogP contribution in [0.2, 0.25) is 5.02 Å². The lowest BCUT2D eigenvalue weighted by Gasteiger charge is -2.39. The molecule has 0 aliphatic carbocycles. The topological polar surface area (TPSA) is 70.7 Å². The summed E-state index contributed by atoms with van der Waals surface area (Å²) in [5.41, 5.74) is 2.33. The maximum atomic E-state index is 13.2. The van der Waals surface area contributed by atoms with E-state index in [4.69, 9.17) is 16.3 Å². The van der Waals surface area contributed by atoms with Crippen LogP contribution in [-0.2, 0) is 9.59 Å². The smallest absolute Gasteiger partial charge is 0.247 e. The quantitative estimate of drug-likeness (QED) is 0.468. The Morgan fingerprint density at radius 1 is 1.15 bits per heavy atom. The molecule has 2 unspecified atom stereocenters. The summed E-state index contributed by atoms with van der Waals surface area (Å²) in [5.74, 6) is 0.271. The molecule has 2 N–H and O–H groups in total. The number of benzene rings is 2. The molecule has 174 valence electrons. The van der Waals surface area contributed by atoms with Crippen LogP contribution in [0.25, 0.3) is 6.08 Å². The minimum Gasteiger partial charge on any atom is -0.495 e. The SMILES string of the molecule is COc1cc(/C=C/C(=O)N2[C@@H]3CC[C@H]2CC(Nc2ccc(P)cc2)C3)c(NC(C)=O)cc1Cl. The van der Waals surface area contributed by atoms with Gasteiger partial charge in [-0.25, -0.2) is 0 Å². The zero-order chi connectivity index (χ0) is 23.5. The molecule has 4 atom stereocenters. The predicted octanol–water partition coefficient (Wildman–Crippen LogP) is 4.45. The molecular formula is C25H29ClN3O3P. The van der Waals surface area contributed by atoms with Crippen LogP contribution in [0.5, 0.6) is 5.75 Å². The van der Waals surface area contributed by atoms with Crippen LogP contribution < -0.4 is 20.7 Å². The second kappa shape index (κ2) is 10.1. The molecule has 8 heteroatoms. The second-order valence-electron chi connectivity index (χ2n) is 8.65. The fourth-order valence-electron chi connectivity index (χ4n) is 4.88. The van der Waals surface area contributed by atoms with E-state index in [1.54, 1.807) is 24.3 Å². The maximum Gasteiger partial charge on any atom is 0.247 e. The third-order valence-electron chi connectivity index (χ3n) is 6.31. The Morgan fingerprint density at radius 2 is 1.82 bits per heavy atom. The van der Waals surface area contributed by atoms with E-state index in [0.29, 0.717) is 28.1 Å². The number of hydrogen-bond donors (Lipinski definition) is 2. The molecule has 6 nitrogen and oxygen atoms in total. The average Bonchev–Trinajstić information content (AvgIpc) is 3.04. The summed E-state index contributed by atoms with van der Waals surface area (Å²) < 4.78 is 5.30. The summed E-state index contributed by atoms with van der Waals surface area (Å²) in [6.45, 7) is 1.43. The number of nitrogens with one attached hydrogen (secondary N) is 2. The van der Waals surface area contributed by atoms with E-state index in [1.807, 2.05) is 4.90 Å². The molecule has 0 radical (unpaired) electrons. The van der Waals surface area contributed by atoms with E-state index >= 15 is 0 Å². The van der Waals surface area contributed by atoms with E-state index in [-0.39, 0.29) is 23.9 Å². The van der Waals surface area contributed by atoms with Crippen LogP contribution >= 0.6 is 20.8 Å². The van der Waals surface area contributed by atoms with Gasteiger partial charge in [-0.3, -0.25) is 9.59 Å². The minimum absolute atomic E-state index is 0.00370. The Balaban J connectivity index is 1.46. The second-order valence-corrected chi connectivity index (χ2v) is 9.73. The molecule has 0 spiro atoms. The summed E-state index contributed by atoms with van der Waals surface area (Å²) in [6.07, 6.45) is 7.23. The highest BCUT2D eigenvalue weighted by Gasteiger charge is 2.42. The van der Waals surface area contributed by atoms with Gasteiger partial charge in [0.1, 0.15) is 5.75 Å². The Morgan fingerprint density at radius 3 is 2.42 bits per heavy atom. The lowest BCUT2D eigenvalue weighted by Crippen LogP contribution is -2.49. The number of carbonyl (C=O) groups is 2. The van der Waals surface area contributed by atoms with Crippen molar-refractivity contribution >= 4 is 55.4 Å². The van der Waals surface area contributed by atoms with Gasteiger partial charge < -0.3 is 20.3 Å². The number of amides is 2. The molecular weight excluding hydrogens is 457 g/mol. The van der Waals surface area contributed by atoms with E-state index in [9.17, 15) is 9.59 Å². The van der Waals surface area contributed by atoms with Crippen LogP contribution in [-0.4, -0.2) is 41.9 Å². The van der Waals surface area contributed by atoms with Gasteiger partial charge >= 0.3 is 0 Å². The number of piperidine rings is 1. The van der Waals surface area contributed by atoms with Crippen LogP contribution in [0.4, 0.5) is 11.4 Å². The molecule has 0 saturated carbocycles. The Bertz CT molecular complexity index is 1060. The molecule has 2 aromatic carbocycles. The van der Waals surface area contributed by atoms with Crippen molar-refractivity contribution in [3.63, 3.8) is 0 Å². The Kier molecular flexibility index (Phi) is 7.26. The minimum atomic E-state index is -0.211. The third kappa shape index (κ3) is 5.51. The molecule has 0 aromatic heterocycles. The Hall–Kier alpha value is -2.56. The lowest BCUT2D eigenvalue weighted by atomic mass is 9.96. The molecule has 33 heavy (non-hydrogen) atoms. The molecule has 2 aliphatic rings. The van der Waals surface area contributed by atoms with Crippen LogP contribution in [0.3, 0.4) is 0 Å². The number of fused-ring (bicyclic) bond motifs is 2. The standard InChI is InChI=1S/C25H29ClN3O3P/c1-15(30)27-23-14-22(26)24(32-2)11-16(23)3-10-25(31)29-19-6-7-20(29)13-18(12-19)28-17-4-8-21(33)9-5-17/h3-5,8-11,14,18-20,28H,6-7,12-13,33H2,1-2H3,(H,27,30)/b10-3+/t18?,19-,20+. The van der Waals surface area contributed by atoms with E-state index in [2.05, 4.69) is 44.1 Å². The molecule has 2 fully saturated rings. The summed E-state index contributed by atoms with van der Waals surface area (Å²) in [4.78, 5) is 26.8. The number of methoxy groups -OCH3 is 1. The summed E-state index contributed by atoms with van der Waals surface area (Å²) in [7, 11) is 4.23. The normalized spacial score (nSPS) is 21.8. The molecule has 2 aliphatic heterocycles. The van der Waals surface area contributed by atoms with Crippen molar-refractivity contribution in [1.82, 2.24) is 4.90 Å². The van der Waals surface area contributed by atoms with Gasteiger partial charge in [0.15, 0.2) is 0 Å². The summed E-state index contributed by atoms with van der Waals surface area (Å²) in [5, 5.41) is 7.96. The first-order valence-corrected chi connectivity index (χ1v) is 12.1. The Labute approximate surface area is 201 Å². The van der Waals surface area contributed by atoms with Crippen molar-refractivity contribution < 1.29 is 14.3 Å². The first-order valence-electron chi connectivity index (χ1n) is 11.1. The molecule has 2 heterocycles. The van der Waals surface area contributed by atoms with Crippen molar-refractivity contribution in [2.24, 2.45) is 0 Å². The van der Waals surface area contributed by atoms with Crippen molar-refractivity contribution in [1.29, 1.82) is 0 Å². The maximum absolute atomic E-state index is 13.2. The van der Waals surface area contributed by atoms with Crippen molar-refractivity contribution in [2.45, 2.75) is 50.7 Å². The largest absolute Gasteiger partial charge is 0.495 e. The first kappa shape index (κ1) is 23.6. The lowest BCUT2D eigenvalue weighted by molar-refractivity contribution is -0.130. The zero-order valence-electron chi connectivity index (χ0n) is 18.8. The van der Waals surface area contributed by atoms with Crippen molar-refractivity contribution in [3.8, 4) is 5.75 Å². The van der Waals surface area contributed by atoms with Gasteiger partial charge in [0, 0.05) is 48.1 Å². The van der Waals surface area contributed by atoms with E-state index in [0.717, 1.165) is 36.7 Å².